The number of guanidine groups is 1. The molecule has 4 aliphatic heterocycles. The van der Waals surface area contributed by atoms with Crippen LogP contribution in [0.2, 0.25) is 0 Å². The van der Waals surface area contributed by atoms with Crippen LogP contribution in [0.25, 0.3) is 10.9 Å². The molecule has 9 amide bonds. The highest BCUT2D eigenvalue weighted by atomic mass is 16.4. The standard InChI is InChI=1S/C53H76N14O13/c1-3-29(2)43(51(78)66-25-9-16-39(66)50(77)67-26-10-17-40(67)52(79)80)63-45(72)34(19-20-41(55)68)60-46(73)37-14-7-23-64(37)48(75)35(13-6-22-58-53(56)57)61-47(74)38-15-8-24-65(38)49(76)36(62-44(71)32(54)18-21-42(69)70)27-30-28-59-33-12-5-4-11-31(30)33/h4-5,8,11-12,15,28-29,32,34-40,43,59H,3,6-7,9-10,13-14,16-27,54H2,1-2H3,(H2,55,68)(H,60,73)(H,61,74)(H,62,71)(H,63,72)(H,69,70)(H,79,80)(H4,56,57,58)/t29?,32-,34-,35-,36-,37-,38-,39-,40-,43-/m0/s1. The number of likely N-dealkylation sites (tertiary alicyclic amines) is 3. The fourth-order valence-electron chi connectivity index (χ4n) is 10.8. The van der Waals surface area contributed by atoms with E-state index in [0.717, 1.165) is 10.9 Å². The van der Waals surface area contributed by atoms with E-state index in [1.807, 2.05) is 18.2 Å². The van der Waals surface area contributed by atoms with Gasteiger partial charge in [0.25, 0.3) is 0 Å². The maximum Gasteiger partial charge on any atom is 0.326 e. The van der Waals surface area contributed by atoms with Crippen molar-refractivity contribution in [3.8, 4) is 0 Å². The van der Waals surface area contributed by atoms with Gasteiger partial charge in [0.15, 0.2) is 5.96 Å². The first-order valence-electron chi connectivity index (χ1n) is 27.3. The first-order valence-corrected chi connectivity index (χ1v) is 27.3. The monoisotopic (exact) mass is 1120 g/mol. The average Bonchev–Trinajstić information content (AvgIpc) is 4.32. The lowest BCUT2D eigenvalue weighted by Gasteiger charge is -2.34. The zero-order chi connectivity index (χ0) is 58.4. The van der Waals surface area contributed by atoms with Gasteiger partial charge in [0, 0.05) is 69.1 Å². The number of para-hydroxylation sites is 1. The zero-order valence-corrected chi connectivity index (χ0v) is 45.2. The smallest absolute Gasteiger partial charge is 0.326 e. The van der Waals surface area contributed by atoms with E-state index in [4.69, 9.17) is 22.9 Å². The fourth-order valence-corrected chi connectivity index (χ4v) is 10.8. The molecule has 27 heteroatoms. The molecule has 0 spiro atoms. The molecule has 0 bridgehead atoms. The second-order valence-corrected chi connectivity index (χ2v) is 20.9. The van der Waals surface area contributed by atoms with Crippen LogP contribution in [0.15, 0.2) is 47.6 Å². The number of hydrogen-bond acceptors (Lipinski definition) is 13. The Morgan fingerprint density at radius 2 is 1.35 bits per heavy atom. The number of amides is 9. The molecule has 10 atom stereocenters. The molecule has 15 N–H and O–H groups in total. The van der Waals surface area contributed by atoms with E-state index in [0.29, 0.717) is 37.7 Å². The summed E-state index contributed by atoms with van der Waals surface area (Å²) in [5.74, 6) is -9.36. The van der Waals surface area contributed by atoms with E-state index in [2.05, 4.69) is 31.2 Å². The Morgan fingerprint density at radius 3 is 2.01 bits per heavy atom. The van der Waals surface area contributed by atoms with E-state index in [-0.39, 0.29) is 90.0 Å². The van der Waals surface area contributed by atoms with Crippen molar-refractivity contribution in [3.05, 3.63) is 48.2 Å². The Balaban J connectivity index is 1.18. The summed E-state index contributed by atoms with van der Waals surface area (Å²) in [6.07, 6.45) is 5.97. The highest BCUT2D eigenvalue weighted by molar-refractivity contribution is 6.00. The Morgan fingerprint density at radius 1 is 0.713 bits per heavy atom. The number of rotatable bonds is 27. The minimum atomic E-state index is -1.44. The van der Waals surface area contributed by atoms with E-state index < -0.39 is 132 Å². The van der Waals surface area contributed by atoms with Crippen molar-refractivity contribution in [1.29, 1.82) is 0 Å². The van der Waals surface area contributed by atoms with Gasteiger partial charge in [0.2, 0.25) is 53.2 Å². The minimum Gasteiger partial charge on any atom is -0.481 e. The zero-order valence-electron chi connectivity index (χ0n) is 45.2. The van der Waals surface area contributed by atoms with E-state index >= 15 is 0 Å². The van der Waals surface area contributed by atoms with Crippen LogP contribution in [0, 0.1) is 5.92 Å². The molecule has 0 radical (unpaired) electrons. The number of aromatic nitrogens is 1. The van der Waals surface area contributed by atoms with Gasteiger partial charge in [-0.1, -0.05) is 50.6 Å². The molecule has 1 unspecified atom stereocenters. The summed E-state index contributed by atoms with van der Waals surface area (Å²) < 4.78 is 0. The lowest BCUT2D eigenvalue weighted by atomic mass is 9.96. The number of nitrogens with two attached hydrogens (primary N) is 4. The van der Waals surface area contributed by atoms with Gasteiger partial charge < -0.3 is 79.0 Å². The van der Waals surface area contributed by atoms with Crippen LogP contribution in [0.1, 0.15) is 103 Å². The molecule has 1 aromatic carbocycles. The fraction of sp³-hybridized carbons (Fsp3) is 0.585. The van der Waals surface area contributed by atoms with E-state index in [1.54, 1.807) is 32.2 Å². The number of nitrogens with one attached hydrogen (secondary N) is 5. The molecule has 0 saturated carbocycles. The maximum atomic E-state index is 14.7. The molecule has 3 fully saturated rings. The summed E-state index contributed by atoms with van der Waals surface area (Å²) in [5.41, 5.74) is 24.1. The van der Waals surface area contributed by atoms with Gasteiger partial charge >= 0.3 is 11.9 Å². The SMILES string of the molecule is CCC(C)[C@H](NC(=O)[C@H](CCC(N)=O)NC(=O)[C@@H]1CCCN1C(=O)[C@H](CCCN=C(N)N)NC(=O)[C@@H]1C=CCN1C(=O)[C@H](Cc1c[nH]c2ccccc12)NC(=O)[C@@H](N)CCC(=O)O)C(=O)N1CCC[C@H]1C(=O)N1CCC[C@H]1C(=O)O. The van der Waals surface area contributed by atoms with Crippen molar-refractivity contribution in [2.75, 3.05) is 32.7 Å². The van der Waals surface area contributed by atoms with Crippen molar-refractivity contribution in [2.24, 2.45) is 33.8 Å². The molecule has 80 heavy (non-hydrogen) atoms. The highest BCUT2D eigenvalue weighted by Crippen LogP contribution is 2.28. The van der Waals surface area contributed by atoms with Crippen LogP contribution in [-0.2, 0) is 59.2 Å². The van der Waals surface area contributed by atoms with Crippen LogP contribution < -0.4 is 44.2 Å². The number of hydrogen-bond donors (Lipinski definition) is 11. The molecular weight excluding hydrogens is 1040 g/mol. The second kappa shape index (κ2) is 28.2. The van der Waals surface area contributed by atoms with Crippen molar-refractivity contribution < 1.29 is 63.0 Å². The molecule has 4 aliphatic rings. The third-order valence-electron chi connectivity index (χ3n) is 15.4. The molecule has 27 nitrogen and oxygen atoms in total. The van der Waals surface area contributed by atoms with Crippen molar-refractivity contribution in [1.82, 2.24) is 45.9 Å². The van der Waals surface area contributed by atoms with E-state index in [1.165, 1.54) is 25.7 Å². The molecule has 436 valence electrons. The summed E-state index contributed by atoms with van der Waals surface area (Å²) in [7, 11) is 0. The predicted molar refractivity (Wildman–Crippen MR) is 289 cm³/mol. The molecule has 1 aromatic heterocycles. The lowest BCUT2D eigenvalue weighted by Crippen LogP contribution is -2.60. The van der Waals surface area contributed by atoms with Gasteiger partial charge in [0.05, 0.1) is 6.04 Å². The van der Waals surface area contributed by atoms with E-state index in [9.17, 15) is 63.0 Å². The summed E-state index contributed by atoms with van der Waals surface area (Å²) in [5, 5.41) is 30.6. The number of carbonyl (C=O) groups is 11. The topological polar surface area (TPSA) is 422 Å². The molecular formula is C53H76N14O13. The number of primary amides is 1. The maximum absolute atomic E-state index is 14.7. The number of benzene rings is 1. The van der Waals surface area contributed by atoms with Crippen LogP contribution in [-0.4, -0.2) is 193 Å². The summed E-state index contributed by atoms with van der Waals surface area (Å²) in [6.45, 7) is 3.99. The third-order valence-corrected chi connectivity index (χ3v) is 15.4. The number of aliphatic imine (C=N–C) groups is 1. The van der Waals surface area contributed by atoms with Crippen LogP contribution in [0.4, 0.5) is 0 Å². The van der Waals surface area contributed by atoms with Gasteiger partial charge in [-0.2, -0.15) is 0 Å². The number of aliphatic carboxylic acids is 2. The summed E-state index contributed by atoms with van der Waals surface area (Å²) >= 11 is 0. The first-order chi connectivity index (χ1) is 38.1. The van der Waals surface area contributed by atoms with Gasteiger partial charge in [0.1, 0.15) is 48.3 Å². The molecule has 5 heterocycles. The largest absolute Gasteiger partial charge is 0.481 e. The minimum absolute atomic E-state index is 0.0413. The van der Waals surface area contributed by atoms with Gasteiger partial charge in [-0.3, -0.25) is 52.9 Å². The average molecular weight is 1120 g/mol. The lowest BCUT2D eigenvalue weighted by molar-refractivity contribution is -0.152. The Hall–Kier alpha value is -8.10. The van der Waals surface area contributed by atoms with Crippen molar-refractivity contribution >= 4 is 82.0 Å². The quantitative estimate of drug-likeness (QED) is 0.0200. The number of nitrogens with zero attached hydrogens (tertiary/aromatic N) is 5. The normalized spacial score (nSPS) is 21.0. The highest BCUT2D eigenvalue weighted by Gasteiger charge is 2.46. The summed E-state index contributed by atoms with van der Waals surface area (Å²) in [4.78, 5) is 162. The third kappa shape index (κ3) is 15.4. The van der Waals surface area contributed by atoms with Gasteiger partial charge in [-0.15, -0.1) is 0 Å². The number of carboxylic acids is 2. The van der Waals surface area contributed by atoms with Crippen molar-refractivity contribution in [2.45, 2.75) is 158 Å². The molecule has 2 aromatic rings. The predicted octanol–water partition coefficient (Wildman–Crippen LogP) is -1.97. The number of aromatic amines is 1. The Kier molecular flexibility index (Phi) is 21.5. The van der Waals surface area contributed by atoms with Crippen LogP contribution in [0.3, 0.4) is 0 Å². The van der Waals surface area contributed by atoms with Gasteiger partial charge in [-0.25, -0.2) is 4.79 Å². The second-order valence-electron chi connectivity index (χ2n) is 20.9. The molecule has 3 saturated heterocycles. The number of H-pyrrole nitrogens is 1. The summed E-state index contributed by atoms with van der Waals surface area (Å²) in [6, 6.07) is -3.67. The Bertz CT molecular complexity index is 2710. The Labute approximate surface area is 462 Å². The molecule has 0 aliphatic carbocycles. The van der Waals surface area contributed by atoms with Crippen LogP contribution in [0.5, 0.6) is 0 Å². The van der Waals surface area contributed by atoms with Gasteiger partial charge in [-0.05, 0) is 81.8 Å². The van der Waals surface area contributed by atoms with Crippen molar-refractivity contribution in [3.63, 3.8) is 0 Å². The van der Waals surface area contributed by atoms with Crippen LogP contribution >= 0.6 is 0 Å². The first kappa shape index (κ1) is 61.1. The number of fused-ring (bicyclic) bond motifs is 1. The molecule has 6 rings (SSSR count). The number of carboxylic acid groups (broad SMARTS) is 2. The number of carbonyl (C=O) groups excluding carboxylic acids is 9.